The summed E-state index contributed by atoms with van der Waals surface area (Å²) in [6, 6.07) is 10.8. The van der Waals surface area contributed by atoms with E-state index in [1.54, 1.807) is 32.4 Å². The van der Waals surface area contributed by atoms with Gasteiger partial charge in [0.05, 0.1) is 26.5 Å². The van der Waals surface area contributed by atoms with E-state index in [1.807, 2.05) is 18.2 Å². The SMILES string of the molecule is COc1ccc(C2=NN(C(=O)c3ccc4c(c3)OCO4)CC2)cc1OC. The average Bonchev–Trinajstić information content (AvgIpc) is 3.35. The van der Waals surface area contributed by atoms with E-state index >= 15 is 0 Å². The minimum atomic E-state index is -0.168. The lowest BCUT2D eigenvalue weighted by molar-refractivity contribution is 0.0778. The molecular weight excluding hydrogens is 336 g/mol. The van der Waals surface area contributed by atoms with Gasteiger partial charge in [-0.05, 0) is 36.4 Å². The zero-order chi connectivity index (χ0) is 18.1. The molecule has 134 valence electrons. The van der Waals surface area contributed by atoms with Crippen LogP contribution in [0.15, 0.2) is 41.5 Å². The summed E-state index contributed by atoms with van der Waals surface area (Å²) in [6.07, 6.45) is 0.672. The third kappa shape index (κ3) is 2.81. The fourth-order valence-corrected chi connectivity index (χ4v) is 3.00. The van der Waals surface area contributed by atoms with Crippen molar-refractivity contribution in [3.05, 3.63) is 47.5 Å². The summed E-state index contributed by atoms with van der Waals surface area (Å²) in [4.78, 5) is 12.7. The first kappa shape index (κ1) is 16.3. The standard InChI is InChI=1S/C19H18N2O5/c1-23-15-5-3-12(9-17(15)24-2)14-7-8-21(20-14)19(22)13-4-6-16-18(10-13)26-11-25-16/h3-6,9-10H,7-8,11H2,1-2H3. The van der Waals surface area contributed by atoms with E-state index in [2.05, 4.69) is 5.10 Å². The number of amides is 1. The highest BCUT2D eigenvalue weighted by Gasteiger charge is 2.25. The maximum Gasteiger partial charge on any atom is 0.274 e. The molecule has 0 atom stereocenters. The van der Waals surface area contributed by atoms with Gasteiger partial charge in [0.2, 0.25) is 6.79 Å². The zero-order valence-electron chi connectivity index (χ0n) is 14.5. The second-order valence-electron chi connectivity index (χ2n) is 5.86. The van der Waals surface area contributed by atoms with Gasteiger partial charge in [0.1, 0.15) is 0 Å². The molecule has 0 unspecified atom stereocenters. The van der Waals surface area contributed by atoms with Crippen LogP contribution in [0.25, 0.3) is 0 Å². The molecule has 7 nitrogen and oxygen atoms in total. The minimum absolute atomic E-state index is 0.168. The van der Waals surface area contributed by atoms with Crippen LogP contribution in [0.5, 0.6) is 23.0 Å². The van der Waals surface area contributed by atoms with Crippen molar-refractivity contribution in [3.8, 4) is 23.0 Å². The van der Waals surface area contributed by atoms with Crippen LogP contribution in [0.4, 0.5) is 0 Å². The molecule has 0 fully saturated rings. The van der Waals surface area contributed by atoms with Gasteiger partial charge in [0, 0.05) is 17.5 Å². The van der Waals surface area contributed by atoms with Gasteiger partial charge < -0.3 is 18.9 Å². The largest absolute Gasteiger partial charge is 0.493 e. The van der Waals surface area contributed by atoms with Gasteiger partial charge >= 0.3 is 0 Å². The first-order valence-electron chi connectivity index (χ1n) is 8.21. The number of rotatable bonds is 4. The quantitative estimate of drug-likeness (QED) is 0.844. The number of hydrogen-bond acceptors (Lipinski definition) is 6. The molecule has 0 spiro atoms. The minimum Gasteiger partial charge on any atom is -0.493 e. The summed E-state index contributed by atoms with van der Waals surface area (Å²) in [5.41, 5.74) is 2.26. The third-order valence-electron chi connectivity index (χ3n) is 4.37. The molecule has 0 aliphatic carbocycles. The Morgan fingerprint density at radius 1 is 1.04 bits per heavy atom. The summed E-state index contributed by atoms with van der Waals surface area (Å²) in [7, 11) is 3.18. The van der Waals surface area contributed by atoms with Crippen molar-refractivity contribution in [2.24, 2.45) is 5.10 Å². The Morgan fingerprint density at radius 2 is 1.85 bits per heavy atom. The molecule has 4 rings (SSSR count). The molecule has 2 heterocycles. The second-order valence-corrected chi connectivity index (χ2v) is 5.86. The van der Waals surface area contributed by atoms with E-state index in [9.17, 15) is 4.79 Å². The number of methoxy groups -OCH3 is 2. The van der Waals surface area contributed by atoms with E-state index < -0.39 is 0 Å². The van der Waals surface area contributed by atoms with Crippen molar-refractivity contribution >= 4 is 11.6 Å². The number of benzene rings is 2. The fraction of sp³-hybridized carbons (Fsp3) is 0.263. The van der Waals surface area contributed by atoms with Crippen molar-refractivity contribution in [1.29, 1.82) is 0 Å². The van der Waals surface area contributed by atoms with Crippen molar-refractivity contribution in [1.82, 2.24) is 5.01 Å². The Labute approximate surface area is 150 Å². The number of nitrogens with zero attached hydrogens (tertiary/aromatic N) is 2. The molecule has 1 amide bonds. The van der Waals surface area contributed by atoms with Crippen molar-refractivity contribution in [2.45, 2.75) is 6.42 Å². The average molecular weight is 354 g/mol. The number of carbonyl (C=O) groups excluding carboxylic acids is 1. The van der Waals surface area contributed by atoms with E-state index in [1.165, 1.54) is 5.01 Å². The maximum atomic E-state index is 12.7. The summed E-state index contributed by atoms with van der Waals surface area (Å²) >= 11 is 0. The molecule has 2 aromatic carbocycles. The van der Waals surface area contributed by atoms with Gasteiger partial charge in [0.25, 0.3) is 5.91 Å². The van der Waals surface area contributed by atoms with Crippen molar-refractivity contribution < 1.29 is 23.7 Å². The highest BCUT2D eigenvalue weighted by Crippen LogP contribution is 2.33. The molecule has 7 heteroatoms. The molecule has 0 N–H and O–H groups in total. The van der Waals surface area contributed by atoms with Crippen LogP contribution in [0.2, 0.25) is 0 Å². The van der Waals surface area contributed by atoms with Gasteiger partial charge in [-0.3, -0.25) is 4.79 Å². The summed E-state index contributed by atoms with van der Waals surface area (Å²) in [5, 5.41) is 5.97. The van der Waals surface area contributed by atoms with Crippen LogP contribution in [0.3, 0.4) is 0 Å². The monoisotopic (exact) mass is 354 g/mol. The Hall–Kier alpha value is -3.22. The predicted molar refractivity (Wildman–Crippen MR) is 94.3 cm³/mol. The lowest BCUT2D eigenvalue weighted by Gasteiger charge is -2.11. The van der Waals surface area contributed by atoms with Crippen LogP contribution < -0.4 is 18.9 Å². The van der Waals surface area contributed by atoms with Crippen molar-refractivity contribution in [2.75, 3.05) is 27.6 Å². The van der Waals surface area contributed by atoms with Crippen LogP contribution >= 0.6 is 0 Å². The molecule has 0 radical (unpaired) electrons. The number of fused-ring (bicyclic) bond motifs is 1. The van der Waals surface area contributed by atoms with Gasteiger partial charge in [-0.1, -0.05) is 0 Å². The molecule has 2 aromatic rings. The van der Waals surface area contributed by atoms with E-state index in [4.69, 9.17) is 18.9 Å². The van der Waals surface area contributed by atoms with Crippen LogP contribution in [-0.4, -0.2) is 44.2 Å². The summed E-state index contributed by atoms with van der Waals surface area (Å²) < 4.78 is 21.2. The van der Waals surface area contributed by atoms with Crippen molar-refractivity contribution in [3.63, 3.8) is 0 Å². The van der Waals surface area contributed by atoms with Gasteiger partial charge in [0.15, 0.2) is 23.0 Å². The summed E-state index contributed by atoms with van der Waals surface area (Å²) in [6.45, 7) is 0.704. The Balaban J connectivity index is 1.57. The molecule has 2 aliphatic rings. The van der Waals surface area contributed by atoms with Crippen LogP contribution in [-0.2, 0) is 0 Å². The molecule has 0 saturated heterocycles. The topological polar surface area (TPSA) is 69.6 Å². The Morgan fingerprint density at radius 3 is 2.65 bits per heavy atom. The van der Waals surface area contributed by atoms with Crippen LogP contribution in [0, 0.1) is 0 Å². The highest BCUT2D eigenvalue weighted by molar-refractivity contribution is 6.04. The Kier molecular flexibility index (Phi) is 4.12. The van der Waals surface area contributed by atoms with E-state index in [0.29, 0.717) is 41.5 Å². The van der Waals surface area contributed by atoms with Gasteiger partial charge in [-0.2, -0.15) is 5.10 Å². The highest BCUT2D eigenvalue weighted by atomic mass is 16.7. The molecule has 0 bridgehead atoms. The van der Waals surface area contributed by atoms with E-state index in [0.717, 1.165) is 11.3 Å². The molecule has 0 aromatic heterocycles. The first-order chi connectivity index (χ1) is 12.7. The number of carbonyl (C=O) groups is 1. The van der Waals surface area contributed by atoms with Gasteiger partial charge in [-0.25, -0.2) is 5.01 Å². The third-order valence-corrected chi connectivity index (χ3v) is 4.37. The number of hydrogen-bond donors (Lipinski definition) is 0. The lowest BCUT2D eigenvalue weighted by Crippen LogP contribution is -2.23. The van der Waals surface area contributed by atoms with Crippen LogP contribution in [0.1, 0.15) is 22.3 Å². The first-order valence-corrected chi connectivity index (χ1v) is 8.21. The molecular formula is C19H18N2O5. The molecule has 26 heavy (non-hydrogen) atoms. The van der Waals surface area contributed by atoms with Gasteiger partial charge in [-0.15, -0.1) is 0 Å². The Bertz CT molecular complexity index is 893. The van der Waals surface area contributed by atoms with E-state index in [-0.39, 0.29) is 12.7 Å². The molecule has 2 aliphatic heterocycles. The fourth-order valence-electron chi connectivity index (χ4n) is 3.00. The normalized spacial score (nSPS) is 15.0. The zero-order valence-corrected chi connectivity index (χ0v) is 14.5. The summed E-state index contributed by atoms with van der Waals surface area (Å²) in [5.74, 6) is 2.35. The lowest BCUT2D eigenvalue weighted by atomic mass is 10.1. The number of hydrazone groups is 1. The molecule has 0 saturated carbocycles. The second kappa shape index (κ2) is 6.59. The smallest absolute Gasteiger partial charge is 0.274 e. The maximum absolute atomic E-state index is 12.7. The predicted octanol–water partition coefficient (Wildman–Crippen LogP) is 2.68. The number of ether oxygens (including phenoxy) is 4.